The van der Waals surface area contributed by atoms with Gasteiger partial charge in [0.1, 0.15) is 5.15 Å². The van der Waals surface area contributed by atoms with E-state index in [1.54, 1.807) is 24.5 Å². The molecule has 2 aliphatic rings. The largest absolute Gasteiger partial charge is 0.383 e. The summed E-state index contributed by atoms with van der Waals surface area (Å²) >= 11 is 11.9. The Morgan fingerprint density at radius 1 is 1.21 bits per heavy atom. The Balaban J connectivity index is 1.51. The summed E-state index contributed by atoms with van der Waals surface area (Å²) in [7, 11) is 0. The Morgan fingerprint density at radius 2 is 2.00 bits per heavy atom. The number of carbonyl (C=O) groups is 1. The normalized spacial score (nSPS) is 18.3. The van der Waals surface area contributed by atoms with Crippen LogP contribution in [0.3, 0.4) is 0 Å². The summed E-state index contributed by atoms with van der Waals surface area (Å²) in [5, 5.41) is 4.39. The van der Waals surface area contributed by atoms with Crippen LogP contribution in [0.4, 0.5) is 5.69 Å². The molecule has 1 saturated heterocycles. The minimum atomic E-state index is -0.00735. The summed E-state index contributed by atoms with van der Waals surface area (Å²) in [4.78, 5) is 23.0. The van der Waals surface area contributed by atoms with Gasteiger partial charge in [-0.1, -0.05) is 23.2 Å². The van der Waals surface area contributed by atoms with Crippen molar-refractivity contribution in [3.05, 3.63) is 52.0 Å². The average molecular weight is 363 g/mol. The van der Waals surface area contributed by atoms with Gasteiger partial charge in [-0.3, -0.25) is 9.78 Å². The van der Waals surface area contributed by atoms with E-state index in [1.807, 2.05) is 11.0 Å². The number of likely N-dealkylation sites (tertiary alicyclic amines) is 1. The van der Waals surface area contributed by atoms with E-state index in [0.29, 0.717) is 28.8 Å². The lowest BCUT2D eigenvalue weighted by molar-refractivity contribution is 0.0674. The maximum absolute atomic E-state index is 12.6. The predicted octanol–water partition coefficient (Wildman–Crippen LogP) is 3.38. The topological polar surface area (TPSA) is 58.1 Å². The highest BCUT2D eigenvalue weighted by atomic mass is 35.5. The fraction of sp³-hybridized carbons (Fsp3) is 0.353. The van der Waals surface area contributed by atoms with Crippen LogP contribution in [0.5, 0.6) is 0 Å². The minimum Gasteiger partial charge on any atom is -0.383 e. The van der Waals surface area contributed by atoms with Gasteiger partial charge in [-0.15, -0.1) is 0 Å². The van der Waals surface area contributed by atoms with Crippen molar-refractivity contribution < 1.29 is 4.79 Å². The van der Waals surface area contributed by atoms with Gasteiger partial charge in [0, 0.05) is 43.0 Å². The number of halogens is 2. The van der Waals surface area contributed by atoms with E-state index in [2.05, 4.69) is 15.3 Å². The second kappa shape index (κ2) is 5.90. The molecule has 7 heteroatoms. The van der Waals surface area contributed by atoms with Crippen molar-refractivity contribution in [2.75, 3.05) is 25.0 Å². The maximum atomic E-state index is 12.6. The number of aromatic nitrogens is 2. The molecule has 2 aliphatic heterocycles. The third kappa shape index (κ3) is 2.62. The predicted molar refractivity (Wildman–Crippen MR) is 93.8 cm³/mol. The lowest BCUT2D eigenvalue weighted by Gasteiger charge is -2.38. The molecule has 1 N–H and O–H groups in total. The third-order valence-corrected chi connectivity index (χ3v) is 5.37. The number of nitrogens with one attached hydrogen (secondary N) is 1. The van der Waals surface area contributed by atoms with Crippen LogP contribution in [0.1, 0.15) is 28.9 Å². The first-order valence-electron chi connectivity index (χ1n) is 7.88. The number of rotatable bonds is 1. The van der Waals surface area contributed by atoms with Crippen molar-refractivity contribution in [2.45, 2.75) is 18.3 Å². The molecule has 1 spiro atoms. The standard InChI is InChI=1S/C17H16Cl2N4O/c18-12-8-13-15(21-9-12)17(10-22-13)2-5-23(6-3-17)16(24)11-1-4-20-14(19)7-11/h1,4,7-9,22H,2-3,5-6,10H2. The number of hydrogen-bond acceptors (Lipinski definition) is 4. The molecule has 5 nitrogen and oxygen atoms in total. The maximum Gasteiger partial charge on any atom is 0.254 e. The van der Waals surface area contributed by atoms with Gasteiger partial charge in [-0.2, -0.15) is 0 Å². The van der Waals surface area contributed by atoms with Gasteiger partial charge in [-0.25, -0.2) is 4.98 Å². The van der Waals surface area contributed by atoms with Crippen molar-refractivity contribution >= 4 is 34.8 Å². The van der Waals surface area contributed by atoms with Crippen molar-refractivity contribution in [2.24, 2.45) is 0 Å². The molecule has 124 valence electrons. The Kier molecular flexibility index (Phi) is 3.85. The van der Waals surface area contributed by atoms with Crippen LogP contribution in [-0.4, -0.2) is 40.4 Å². The van der Waals surface area contributed by atoms with E-state index in [-0.39, 0.29) is 11.3 Å². The number of fused-ring (bicyclic) bond motifs is 2. The highest BCUT2D eigenvalue weighted by Crippen LogP contribution is 2.43. The van der Waals surface area contributed by atoms with Crippen LogP contribution >= 0.6 is 23.2 Å². The van der Waals surface area contributed by atoms with Crippen molar-refractivity contribution in [3.8, 4) is 0 Å². The van der Waals surface area contributed by atoms with E-state index in [4.69, 9.17) is 23.2 Å². The highest BCUT2D eigenvalue weighted by molar-refractivity contribution is 6.30. The van der Waals surface area contributed by atoms with Crippen molar-refractivity contribution in [1.82, 2.24) is 14.9 Å². The van der Waals surface area contributed by atoms with Crippen molar-refractivity contribution in [1.29, 1.82) is 0 Å². The molecule has 4 rings (SSSR count). The van der Waals surface area contributed by atoms with Crippen molar-refractivity contribution in [3.63, 3.8) is 0 Å². The molecule has 4 heterocycles. The fourth-order valence-corrected chi connectivity index (χ4v) is 3.95. The number of pyridine rings is 2. The summed E-state index contributed by atoms with van der Waals surface area (Å²) in [6.07, 6.45) is 5.02. The minimum absolute atomic E-state index is 0.00407. The first kappa shape index (κ1) is 15.7. The van der Waals surface area contributed by atoms with E-state index in [0.717, 1.165) is 30.8 Å². The fourth-order valence-electron chi connectivity index (χ4n) is 3.61. The second-order valence-corrected chi connectivity index (χ2v) is 7.17. The molecule has 0 atom stereocenters. The Hall–Kier alpha value is -1.85. The summed E-state index contributed by atoms with van der Waals surface area (Å²) in [6, 6.07) is 5.24. The van der Waals surface area contributed by atoms with Gasteiger partial charge < -0.3 is 10.2 Å². The molecule has 0 aliphatic carbocycles. The van der Waals surface area contributed by atoms with E-state index in [1.165, 1.54) is 0 Å². The van der Waals surface area contributed by atoms with E-state index >= 15 is 0 Å². The molecule has 0 bridgehead atoms. The van der Waals surface area contributed by atoms with E-state index < -0.39 is 0 Å². The SMILES string of the molecule is O=C(c1ccnc(Cl)c1)N1CCC2(CC1)CNc1cc(Cl)cnc12. The number of nitrogens with zero attached hydrogens (tertiary/aromatic N) is 3. The number of anilines is 1. The van der Waals surface area contributed by atoms with Gasteiger partial charge in [0.05, 0.1) is 16.4 Å². The smallest absolute Gasteiger partial charge is 0.254 e. The zero-order valence-electron chi connectivity index (χ0n) is 12.9. The molecule has 0 aromatic carbocycles. The first-order valence-corrected chi connectivity index (χ1v) is 8.64. The van der Waals surface area contributed by atoms with Crippen LogP contribution in [0.15, 0.2) is 30.6 Å². The van der Waals surface area contributed by atoms with Gasteiger partial charge >= 0.3 is 0 Å². The molecule has 0 unspecified atom stereocenters. The van der Waals surface area contributed by atoms with Crippen LogP contribution < -0.4 is 5.32 Å². The summed E-state index contributed by atoms with van der Waals surface area (Å²) in [5.74, 6) is 0.00407. The second-order valence-electron chi connectivity index (χ2n) is 6.34. The molecule has 1 fully saturated rings. The van der Waals surface area contributed by atoms with Gasteiger partial charge in [0.25, 0.3) is 5.91 Å². The molecule has 24 heavy (non-hydrogen) atoms. The number of hydrogen-bond donors (Lipinski definition) is 1. The highest BCUT2D eigenvalue weighted by Gasteiger charge is 2.43. The van der Waals surface area contributed by atoms with E-state index in [9.17, 15) is 4.79 Å². The number of amides is 1. The molecular weight excluding hydrogens is 347 g/mol. The van der Waals surface area contributed by atoms with Crippen LogP contribution in [0.2, 0.25) is 10.2 Å². The van der Waals surface area contributed by atoms with Crippen LogP contribution in [0, 0.1) is 0 Å². The third-order valence-electron chi connectivity index (χ3n) is 4.96. The number of carbonyl (C=O) groups excluding carboxylic acids is 1. The first-order chi connectivity index (χ1) is 11.6. The quantitative estimate of drug-likeness (QED) is 0.790. The monoisotopic (exact) mass is 362 g/mol. The molecule has 2 aromatic heterocycles. The number of piperidine rings is 1. The summed E-state index contributed by atoms with van der Waals surface area (Å²) < 4.78 is 0. The Bertz CT molecular complexity index is 803. The van der Waals surface area contributed by atoms with Gasteiger partial charge in [0.2, 0.25) is 0 Å². The zero-order valence-corrected chi connectivity index (χ0v) is 14.4. The Morgan fingerprint density at radius 3 is 2.75 bits per heavy atom. The van der Waals surface area contributed by atoms with Crippen LogP contribution in [-0.2, 0) is 5.41 Å². The van der Waals surface area contributed by atoms with Gasteiger partial charge in [0.15, 0.2) is 0 Å². The summed E-state index contributed by atoms with van der Waals surface area (Å²) in [6.45, 7) is 2.24. The zero-order chi connectivity index (χ0) is 16.7. The lowest BCUT2D eigenvalue weighted by atomic mass is 9.76. The molecule has 0 saturated carbocycles. The summed E-state index contributed by atoms with van der Waals surface area (Å²) in [5.41, 5.74) is 2.67. The molecule has 1 amide bonds. The van der Waals surface area contributed by atoms with Gasteiger partial charge in [-0.05, 0) is 31.0 Å². The average Bonchev–Trinajstić information content (AvgIpc) is 2.92. The molecule has 2 aromatic rings. The molecular formula is C17H16Cl2N4O. The lowest BCUT2D eigenvalue weighted by Crippen LogP contribution is -2.46. The Labute approximate surface area is 150 Å². The molecule has 0 radical (unpaired) electrons. The van der Waals surface area contributed by atoms with Crippen LogP contribution in [0.25, 0.3) is 0 Å².